The number of aromatic nitrogens is 2. The Morgan fingerprint density at radius 1 is 1.00 bits per heavy atom. The number of hydrogen-bond acceptors (Lipinski definition) is 6. The maximum Gasteiger partial charge on any atom is 0.303 e. The molecule has 0 unspecified atom stereocenters. The third-order valence-electron chi connectivity index (χ3n) is 4.13. The van der Waals surface area contributed by atoms with Crippen LogP contribution in [-0.4, -0.2) is 14.5 Å². The van der Waals surface area contributed by atoms with Crippen molar-refractivity contribution in [3.05, 3.63) is 85.9 Å². The van der Waals surface area contributed by atoms with E-state index in [-0.39, 0.29) is 16.2 Å². The minimum absolute atomic E-state index is 0.0793. The van der Waals surface area contributed by atoms with Crippen LogP contribution in [0.2, 0.25) is 5.02 Å². The Balaban J connectivity index is 2.10. The van der Waals surface area contributed by atoms with Gasteiger partial charge in [-0.15, -0.1) is 0 Å². The highest BCUT2D eigenvalue weighted by Crippen LogP contribution is 2.32. The molecule has 0 saturated carbocycles. The second-order valence-electron chi connectivity index (χ2n) is 5.83. The molecule has 136 valence electrons. The number of hydrogen-bond donors (Lipinski definition) is 1. The molecule has 0 radical (unpaired) electrons. The molecule has 0 bridgehead atoms. The molecule has 6 nitrogen and oxygen atoms in total. The summed E-state index contributed by atoms with van der Waals surface area (Å²) in [6.07, 6.45) is 0. The molecule has 0 saturated heterocycles. The van der Waals surface area contributed by atoms with Crippen LogP contribution >= 0.6 is 22.9 Å². The molecule has 2 aromatic heterocycles. The van der Waals surface area contributed by atoms with E-state index in [0.29, 0.717) is 21.0 Å². The first-order valence-electron chi connectivity index (χ1n) is 8.05. The van der Waals surface area contributed by atoms with Gasteiger partial charge in [0, 0.05) is 10.6 Å². The molecule has 4 aromatic rings. The smallest absolute Gasteiger partial charge is 0.303 e. The van der Waals surface area contributed by atoms with Crippen LogP contribution in [0.3, 0.4) is 0 Å². The van der Waals surface area contributed by atoms with Gasteiger partial charge in [-0.25, -0.2) is 9.38 Å². The van der Waals surface area contributed by atoms with Crippen LogP contribution in [0, 0.1) is 11.3 Å². The minimum atomic E-state index is -0.913. The molecule has 1 N–H and O–H groups in total. The molecule has 4 rings (SSSR count). The average Bonchev–Trinajstić information content (AvgIpc) is 2.71. The molecule has 0 atom stereocenters. The summed E-state index contributed by atoms with van der Waals surface area (Å²) in [7, 11) is 0. The summed E-state index contributed by atoms with van der Waals surface area (Å²) in [4.78, 5) is 30.2. The number of fused-ring (bicyclic) bond motifs is 1. The maximum atomic E-state index is 12.8. The molecule has 0 fully saturated rings. The number of aromatic hydroxyl groups is 1. The number of rotatable bonds is 2. The van der Waals surface area contributed by atoms with Crippen LogP contribution in [0.25, 0.3) is 26.7 Å². The normalized spacial score (nSPS) is 10.7. The van der Waals surface area contributed by atoms with E-state index in [1.54, 1.807) is 48.5 Å². The molecular weight excluding hydrogens is 398 g/mol. The number of nitriles is 1. The van der Waals surface area contributed by atoms with Crippen LogP contribution in [0.4, 0.5) is 0 Å². The van der Waals surface area contributed by atoms with Gasteiger partial charge in [-0.3, -0.25) is 9.59 Å². The van der Waals surface area contributed by atoms with Crippen molar-refractivity contribution >= 4 is 27.9 Å². The van der Waals surface area contributed by atoms with Gasteiger partial charge in [0.05, 0.1) is 10.6 Å². The highest BCUT2D eigenvalue weighted by molar-refractivity contribution is 7.20. The molecule has 2 aromatic carbocycles. The van der Waals surface area contributed by atoms with Crippen LogP contribution < -0.4 is 11.1 Å². The van der Waals surface area contributed by atoms with Gasteiger partial charge < -0.3 is 5.11 Å². The lowest BCUT2D eigenvalue weighted by atomic mass is 10.1. The summed E-state index contributed by atoms with van der Waals surface area (Å²) in [6.45, 7) is 0. The minimum Gasteiger partial charge on any atom is -0.502 e. The topological polar surface area (TPSA) is 95.5 Å². The van der Waals surface area contributed by atoms with E-state index in [9.17, 15) is 20.0 Å². The molecule has 0 aliphatic rings. The molecule has 8 heteroatoms. The quantitative estimate of drug-likeness (QED) is 0.546. The van der Waals surface area contributed by atoms with E-state index in [2.05, 4.69) is 4.98 Å². The summed E-state index contributed by atoms with van der Waals surface area (Å²) < 4.78 is 0.727. The average molecular weight is 408 g/mol. The van der Waals surface area contributed by atoms with E-state index in [0.717, 1.165) is 15.7 Å². The van der Waals surface area contributed by atoms with Gasteiger partial charge >= 0.3 is 5.56 Å². The predicted octanol–water partition coefficient (Wildman–Crippen LogP) is 3.68. The zero-order chi connectivity index (χ0) is 19.8. The van der Waals surface area contributed by atoms with Crippen LogP contribution in [-0.2, 0) is 0 Å². The highest BCUT2D eigenvalue weighted by atomic mass is 35.5. The van der Waals surface area contributed by atoms with Crippen LogP contribution in [0.5, 0.6) is 5.75 Å². The maximum absolute atomic E-state index is 12.8. The molecule has 28 heavy (non-hydrogen) atoms. The Morgan fingerprint density at radius 3 is 2.32 bits per heavy atom. The molecular formula is C20H10ClN3O3S. The SMILES string of the molecule is N#Cc1c(-c2ccc(Cl)cc2)nc2sc(-c3ccccc3)c(O)c(=O)n2c1=O. The van der Waals surface area contributed by atoms with Crippen molar-refractivity contribution in [3.63, 3.8) is 0 Å². The Kier molecular flexibility index (Phi) is 4.43. The molecule has 2 heterocycles. The lowest BCUT2D eigenvalue weighted by Gasteiger charge is -2.09. The first-order chi connectivity index (χ1) is 13.5. The van der Waals surface area contributed by atoms with E-state index in [1.807, 2.05) is 12.1 Å². The Bertz CT molecular complexity index is 1370. The van der Waals surface area contributed by atoms with Crippen molar-refractivity contribution in [2.24, 2.45) is 0 Å². The van der Waals surface area contributed by atoms with Gasteiger partial charge in [-0.2, -0.15) is 5.26 Å². The predicted molar refractivity (Wildman–Crippen MR) is 108 cm³/mol. The fraction of sp³-hybridized carbons (Fsp3) is 0. The second kappa shape index (κ2) is 6.93. The fourth-order valence-corrected chi connectivity index (χ4v) is 3.93. The third-order valence-corrected chi connectivity index (χ3v) is 5.47. The van der Waals surface area contributed by atoms with Crippen molar-refractivity contribution in [1.29, 1.82) is 5.26 Å². The summed E-state index contributed by atoms with van der Waals surface area (Å²) in [5, 5.41) is 20.3. The van der Waals surface area contributed by atoms with E-state index < -0.39 is 16.9 Å². The van der Waals surface area contributed by atoms with Crippen molar-refractivity contribution in [2.45, 2.75) is 0 Å². The van der Waals surface area contributed by atoms with Crippen molar-refractivity contribution in [3.8, 4) is 33.5 Å². The van der Waals surface area contributed by atoms with Gasteiger partial charge in [-0.05, 0) is 17.7 Å². The number of nitrogens with zero attached hydrogens (tertiary/aromatic N) is 3. The highest BCUT2D eigenvalue weighted by Gasteiger charge is 2.20. The van der Waals surface area contributed by atoms with Gasteiger partial charge in [0.2, 0.25) is 10.7 Å². The Hall–Kier alpha value is -3.47. The zero-order valence-electron chi connectivity index (χ0n) is 14.1. The number of benzene rings is 2. The van der Waals surface area contributed by atoms with Crippen molar-refractivity contribution in [2.75, 3.05) is 0 Å². The first-order valence-corrected chi connectivity index (χ1v) is 9.25. The molecule has 0 aliphatic heterocycles. The zero-order valence-corrected chi connectivity index (χ0v) is 15.7. The van der Waals surface area contributed by atoms with Gasteiger partial charge in [0.25, 0.3) is 5.56 Å². The standard InChI is InChI=1S/C20H10ClN3O3S/c21-13-8-6-11(7-9-13)15-14(10-22)18(26)24-19(27)16(25)17(28-20(24)23-15)12-4-2-1-3-5-12/h1-9,25H. The second-order valence-corrected chi connectivity index (χ2v) is 7.24. The Morgan fingerprint density at radius 2 is 1.68 bits per heavy atom. The fourth-order valence-electron chi connectivity index (χ4n) is 2.79. The summed E-state index contributed by atoms with van der Waals surface area (Å²) in [5.74, 6) is -0.560. The molecule has 0 spiro atoms. The third kappa shape index (κ3) is 2.85. The number of halogens is 1. The van der Waals surface area contributed by atoms with Gasteiger partial charge in [0.1, 0.15) is 11.6 Å². The van der Waals surface area contributed by atoms with Gasteiger partial charge in [0.15, 0.2) is 0 Å². The van der Waals surface area contributed by atoms with E-state index >= 15 is 0 Å². The summed E-state index contributed by atoms with van der Waals surface area (Å²) in [6, 6.07) is 17.2. The first kappa shape index (κ1) is 17.9. The Labute approximate surface area is 167 Å². The van der Waals surface area contributed by atoms with Crippen molar-refractivity contribution in [1.82, 2.24) is 9.38 Å². The largest absolute Gasteiger partial charge is 0.502 e. The van der Waals surface area contributed by atoms with Crippen LogP contribution in [0.1, 0.15) is 5.56 Å². The summed E-state index contributed by atoms with van der Waals surface area (Å²) in [5.41, 5.74) is -0.718. The van der Waals surface area contributed by atoms with Crippen molar-refractivity contribution < 1.29 is 5.11 Å². The van der Waals surface area contributed by atoms with E-state index in [4.69, 9.17) is 11.6 Å². The van der Waals surface area contributed by atoms with Gasteiger partial charge in [-0.1, -0.05) is 65.4 Å². The van der Waals surface area contributed by atoms with E-state index in [1.165, 1.54) is 0 Å². The lowest BCUT2D eigenvalue weighted by molar-refractivity contribution is 0.469. The monoisotopic (exact) mass is 407 g/mol. The lowest BCUT2D eigenvalue weighted by Crippen LogP contribution is -2.29. The molecule has 0 amide bonds. The summed E-state index contributed by atoms with van der Waals surface area (Å²) >= 11 is 6.90. The molecule has 0 aliphatic carbocycles. The van der Waals surface area contributed by atoms with Crippen LogP contribution in [0.15, 0.2) is 64.2 Å².